The van der Waals surface area contributed by atoms with Crippen molar-refractivity contribution < 1.29 is 31.0 Å². The van der Waals surface area contributed by atoms with Crippen molar-refractivity contribution in [1.82, 2.24) is 4.98 Å². The van der Waals surface area contributed by atoms with Crippen molar-refractivity contribution in [2.45, 2.75) is 43.2 Å². The monoisotopic (exact) mass is 490 g/mol. The van der Waals surface area contributed by atoms with Crippen LogP contribution in [0.2, 0.25) is 0 Å². The first-order chi connectivity index (χ1) is 15.2. The maximum Gasteiger partial charge on any atom is 0.418 e. The second kappa shape index (κ2) is 8.88. The number of nitrogens with one attached hydrogen (secondary N) is 2. The third-order valence-electron chi connectivity index (χ3n) is 5.30. The number of amides is 1. The number of nitrogens with zero attached hydrogens (tertiary/aromatic N) is 2. The number of pyridine rings is 1. The highest BCUT2D eigenvalue weighted by molar-refractivity contribution is 7.91. The first kappa shape index (κ1) is 24.9. The highest BCUT2D eigenvalue weighted by Gasteiger charge is 2.37. The van der Waals surface area contributed by atoms with Crippen LogP contribution in [0.1, 0.15) is 40.9 Å². The van der Waals surface area contributed by atoms with Crippen molar-refractivity contribution >= 4 is 27.1 Å². The summed E-state index contributed by atoms with van der Waals surface area (Å²) in [5.41, 5.74) is -1.76. The van der Waals surface area contributed by atoms with E-state index >= 15 is 0 Å². The van der Waals surface area contributed by atoms with Gasteiger partial charge in [0.1, 0.15) is 5.82 Å². The van der Waals surface area contributed by atoms with Crippen LogP contribution in [0, 0.1) is 11.7 Å². The standard InChI is InChI=1S/C21H23F5N4O2S/c1-13-17(21(24,25)26)12-16(18(28-13)30-9-4-7-20(22,23)8-10-30)19(31)29-14-5-3-6-15(11-14)33(2,27)32/h3,5-6,11-12,27H,4,7-10H2,1-2H3,(H,29,31). The van der Waals surface area contributed by atoms with Gasteiger partial charge in [0.15, 0.2) is 0 Å². The van der Waals surface area contributed by atoms with Crippen LogP contribution in [-0.4, -0.2) is 40.4 Å². The number of anilines is 2. The predicted octanol–water partition coefficient (Wildman–Crippen LogP) is 5.32. The van der Waals surface area contributed by atoms with Crippen LogP contribution in [0.15, 0.2) is 35.2 Å². The molecule has 0 radical (unpaired) electrons. The van der Waals surface area contributed by atoms with Gasteiger partial charge in [0.2, 0.25) is 5.92 Å². The van der Waals surface area contributed by atoms with E-state index in [4.69, 9.17) is 4.78 Å². The number of halogens is 5. The minimum Gasteiger partial charge on any atom is -0.356 e. The van der Waals surface area contributed by atoms with Gasteiger partial charge in [-0.15, -0.1) is 0 Å². The molecule has 2 heterocycles. The number of carbonyl (C=O) groups excluding carboxylic acids is 1. The van der Waals surface area contributed by atoms with Crippen molar-refractivity contribution in [3.8, 4) is 0 Å². The molecule has 0 spiro atoms. The number of hydrogen-bond donors (Lipinski definition) is 2. The molecule has 2 N–H and O–H groups in total. The Morgan fingerprint density at radius 1 is 1.21 bits per heavy atom. The zero-order chi connectivity index (χ0) is 24.6. The molecule has 33 heavy (non-hydrogen) atoms. The summed E-state index contributed by atoms with van der Waals surface area (Å²) < 4.78 is 87.8. The molecule has 1 aromatic carbocycles. The lowest BCUT2D eigenvalue weighted by atomic mass is 10.1. The van der Waals surface area contributed by atoms with Crippen LogP contribution < -0.4 is 10.2 Å². The summed E-state index contributed by atoms with van der Waals surface area (Å²) in [6, 6.07) is 6.29. The van der Waals surface area contributed by atoms with E-state index in [0.29, 0.717) is 6.07 Å². The summed E-state index contributed by atoms with van der Waals surface area (Å²) >= 11 is 0. The number of carbonyl (C=O) groups is 1. The van der Waals surface area contributed by atoms with Gasteiger partial charge in [-0.05, 0) is 37.6 Å². The molecule has 180 valence electrons. The molecule has 1 amide bonds. The maximum atomic E-state index is 13.8. The molecule has 0 aliphatic carbocycles. The molecule has 6 nitrogen and oxygen atoms in total. The summed E-state index contributed by atoms with van der Waals surface area (Å²) in [5, 5.41) is 2.45. The Balaban J connectivity index is 2.04. The Morgan fingerprint density at radius 2 is 1.91 bits per heavy atom. The third kappa shape index (κ3) is 5.98. The van der Waals surface area contributed by atoms with E-state index in [9.17, 15) is 31.0 Å². The van der Waals surface area contributed by atoms with Gasteiger partial charge < -0.3 is 10.2 Å². The molecule has 3 rings (SSSR count). The Bertz CT molecular complexity index is 1170. The number of alkyl halides is 5. The second-order valence-corrected chi connectivity index (χ2v) is 10.2. The van der Waals surface area contributed by atoms with E-state index in [-0.39, 0.29) is 48.0 Å². The van der Waals surface area contributed by atoms with E-state index in [0.717, 1.165) is 6.92 Å². The minimum atomic E-state index is -4.77. The fourth-order valence-electron chi connectivity index (χ4n) is 3.58. The average Bonchev–Trinajstić information content (AvgIpc) is 2.86. The molecular weight excluding hydrogens is 467 g/mol. The molecule has 2 aromatic rings. The van der Waals surface area contributed by atoms with Gasteiger partial charge in [-0.3, -0.25) is 4.79 Å². The fourth-order valence-corrected chi connectivity index (χ4v) is 4.27. The molecule has 1 fully saturated rings. The van der Waals surface area contributed by atoms with E-state index in [2.05, 4.69) is 10.3 Å². The molecule has 1 saturated heterocycles. The average molecular weight is 490 g/mol. The smallest absolute Gasteiger partial charge is 0.356 e. The normalized spacial score (nSPS) is 18.3. The van der Waals surface area contributed by atoms with Crippen LogP contribution in [-0.2, 0) is 15.9 Å². The van der Waals surface area contributed by atoms with E-state index in [1.807, 2.05) is 0 Å². The third-order valence-corrected chi connectivity index (χ3v) is 6.46. The van der Waals surface area contributed by atoms with Crippen LogP contribution in [0.5, 0.6) is 0 Å². The van der Waals surface area contributed by atoms with Gasteiger partial charge in [-0.2, -0.15) is 13.2 Å². The quantitative estimate of drug-likeness (QED) is 0.568. The van der Waals surface area contributed by atoms with E-state index < -0.39 is 45.3 Å². The van der Waals surface area contributed by atoms with Gasteiger partial charge in [0.25, 0.3) is 5.91 Å². The SMILES string of the molecule is Cc1nc(N2CCCC(F)(F)CC2)c(C(=O)Nc2cccc(S(C)(=N)=O)c2)cc1C(F)(F)F. The van der Waals surface area contributed by atoms with Crippen molar-refractivity contribution in [2.75, 3.05) is 29.6 Å². The van der Waals surface area contributed by atoms with Crippen LogP contribution >= 0.6 is 0 Å². The topological polar surface area (TPSA) is 86.2 Å². The molecule has 1 aliphatic rings. The zero-order valence-corrected chi connectivity index (χ0v) is 18.7. The lowest BCUT2D eigenvalue weighted by Gasteiger charge is -2.25. The second-order valence-electron chi connectivity index (χ2n) is 8.01. The summed E-state index contributed by atoms with van der Waals surface area (Å²) in [5.74, 6) is -3.93. The van der Waals surface area contributed by atoms with E-state index in [1.54, 1.807) is 0 Å². The largest absolute Gasteiger partial charge is 0.418 e. The van der Waals surface area contributed by atoms with Gasteiger partial charge in [0.05, 0.1) is 26.5 Å². The Morgan fingerprint density at radius 3 is 2.55 bits per heavy atom. The molecule has 12 heteroatoms. The Kier molecular flexibility index (Phi) is 6.69. The predicted molar refractivity (Wildman–Crippen MR) is 114 cm³/mol. The minimum absolute atomic E-state index is 0.0895. The Labute approximate surface area is 188 Å². The fraction of sp³-hybridized carbons (Fsp3) is 0.429. The van der Waals surface area contributed by atoms with Crippen molar-refractivity contribution in [3.63, 3.8) is 0 Å². The van der Waals surface area contributed by atoms with Gasteiger partial charge in [0, 0.05) is 42.8 Å². The number of rotatable bonds is 4. The zero-order valence-electron chi connectivity index (χ0n) is 17.9. The van der Waals surface area contributed by atoms with Crippen molar-refractivity contribution in [2.24, 2.45) is 0 Å². The van der Waals surface area contributed by atoms with E-state index in [1.165, 1.54) is 35.4 Å². The molecule has 1 aromatic heterocycles. The molecule has 1 aliphatic heterocycles. The number of aryl methyl sites for hydroxylation is 1. The van der Waals surface area contributed by atoms with Crippen LogP contribution in [0.4, 0.5) is 33.5 Å². The van der Waals surface area contributed by atoms with Gasteiger partial charge >= 0.3 is 6.18 Å². The maximum absolute atomic E-state index is 13.8. The number of hydrogen-bond acceptors (Lipinski definition) is 5. The van der Waals surface area contributed by atoms with Crippen molar-refractivity contribution in [1.29, 1.82) is 4.78 Å². The van der Waals surface area contributed by atoms with Gasteiger partial charge in [-0.1, -0.05) is 6.07 Å². The van der Waals surface area contributed by atoms with Crippen molar-refractivity contribution in [3.05, 3.63) is 47.2 Å². The summed E-state index contributed by atoms with van der Waals surface area (Å²) in [6.07, 6.45) is -4.35. The first-order valence-electron chi connectivity index (χ1n) is 10.0. The highest BCUT2D eigenvalue weighted by Crippen LogP contribution is 2.36. The lowest BCUT2D eigenvalue weighted by molar-refractivity contribution is -0.138. The van der Waals surface area contributed by atoms with Crippen LogP contribution in [0.3, 0.4) is 0 Å². The van der Waals surface area contributed by atoms with Gasteiger partial charge in [-0.25, -0.2) is 22.8 Å². The Hall–Kier alpha value is -2.76. The summed E-state index contributed by atoms with van der Waals surface area (Å²) in [4.78, 5) is 18.6. The molecule has 1 atom stereocenters. The molecule has 0 bridgehead atoms. The first-order valence-corrected chi connectivity index (χ1v) is 12.0. The molecule has 0 saturated carbocycles. The summed E-state index contributed by atoms with van der Waals surface area (Å²) in [6.45, 7) is 1.09. The molecule has 1 unspecified atom stereocenters. The number of aromatic nitrogens is 1. The van der Waals surface area contributed by atoms with Crippen LogP contribution in [0.25, 0.3) is 0 Å². The highest BCUT2D eigenvalue weighted by atomic mass is 32.2. The molecular formula is C21H23F5N4O2S. The summed E-state index contributed by atoms with van der Waals surface area (Å²) in [7, 11) is -3.09. The lowest BCUT2D eigenvalue weighted by Crippen LogP contribution is -2.30. The number of benzene rings is 1.